The topological polar surface area (TPSA) is 117 Å². The van der Waals surface area contributed by atoms with E-state index in [2.05, 4.69) is 9.97 Å². The van der Waals surface area contributed by atoms with Crippen LogP contribution in [0.4, 0.5) is 17.3 Å². The van der Waals surface area contributed by atoms with Crippen LogP contribution >= 0.6 is 0 Å². The number of methoxy groups -OCH3 is 2. The third kappa shape index (κ3) is 2.77. The van der Waals surface area contributed by atoms with Crippen molar-refractivity contribution in [2.24, 2.45) is 0 Å². The van der Waals surface area contributed by atoms with Crippen molar-refractivity contribution in [3.63, 3.8) is 0 Å². The zero-order valence-electron chi connectivity index (χ0n) is 14.2. The predicted molar refractivity (Wildman–Crippen MR) is 92.1 cm³/mol. The van der Waals surface area contributed by atoms with Crippen LogP contribution in [0.3, 0.4) is 0 Å². The second-order valence-corrected chi connectivity index (χ2v) is 5.71. The van der Waals surface area contributed by atoms with Gasteiger partial charge in [0.05, 0.1) is 25.2 Å². The fourth-order valence-electron chi connectivity index (χ4n) is 3.20. The van der Waals surface area contributed by atoms with Crippen LogP contribution in [0.2, 0.25) is 0 Å². The van der Waals surface area contributed by atoms with E-state index < -0.39 is 4.92 Å². The zero-order valence-corrected chi connectivity index (χ0v) is 14.2. The minimum atomic E-state index is -0.540. The summed E-state index contributed by atoms with van der Waals surface area (Å²) in [6, 6.07) is 3.71. The van der Waals surface area contributed by atoms with Crippen LogP contribution in [-0.2, 0) is 6.42 Å². The van der Waals surface area contributed by atoms with Crippen LogP contribution in [0.1, 0.15) is 24.1 Å². The van der Waals surface area contributed by atoms with Crippen molar-refractivity contribution in [3.8, 4) is 11.5 Å². The minimum Gasteiger partial charge on any atom is -0.493 e. The molecule has 1 atom stereocenters. The first kappa shape index (κ1) is 16.7. The van der Waals surface area contributed by atoms with E-state index in [0.717, 1.165) is 11.1 Å². The van der Waals surface area contributed by atoms with Crippen molar-refractivity contribution in [1.82, 2.24) is 9.97 Å². The summed E-state index contributed by atoms with van der Waals surface area (Å²) in [5.74, 6) is 1.37. The minimum absolute atomic E-state index is 0.139. The molecule has 9 nitrogen and oxygen atoms in total. The van der Waals surface area contributed by atoms with E-state index in [-0.39, 0.29) is 23.4 Å². The standard InChI is InChI=1S/C16H19N5O4/c1-9-11-7-13(25-3)12(24-2)6-10(11)4-5-20(9)16-14(21(22)23)15(17)18-8-19-16/h6-9H,4-5H2,1-3H3,(H2,17,18,19). The van der Waals surface area contributed by atoms with E-state index in [1.807, 2.05) is 24.0 Å². The van der Waals surface area contributed by atoms with Gasteiger partial charge >= 0.3 is 5.69 Å². The molecule has 1 aliphatic heterocycles. The maximum atomic E-state index is 11.4. The molecule has 1 aromatic carbocycles. The summed E-state index contributed by atoms with van der Waals surface area (Å²) in [5.41, 5.74) is 7.56. The largest absolute Gasteiger partial charge is 0.493 e. The van der Waals surface area contributed by atoms with Crippen molar-refractivity contribution in [3.05, 3.63) is 39.7 Å². The van der Waals surface area contributed by atoms with Gasteiger partial charge in [0.15, 0.2) is 11.5 Å². The highest BCUT2D eigenvalue weighted by atomic mass is 16.6. The van der Waals surface area contributed by atoms with Gasteiger partial charge in [0.2, 0.25) is 11.6 Å². The molecule has 9 heteroatoms. The second kappa shape index (κ2) is 6.42. The number of nitrogen functional groups attached to an aromatic ring is 1. The van der Waals surface area contributed by atoms with Crippen molar-refractivity contribution in [1.29, 1.82) is 0 Å². The molecule has 0 spiro atoms. The Hall–Kier alpha value is -3.10. The highest BCUT2D eigenvalue weighted by Crippen LogP contribution is 2.41. The molecule has 0 amide bonds. The van der Waals surface area contributed by atoms with Gasteiger partial charge in [0, 0.05) is 6.54 Å². The van der Waals surface area contributed by atoms with E-state index in [9.17, 15) is 10.1 Å². The van der Waals surface area contributed by atoms with E-state index in [1.165, 1.54) is 6.33 Å². The van der Waals surface area contributed by atoms with E-state index >= 15 is 0 Å². The molecule has 1 aliphatic rings. The van der Waals surface area contributed by atoms with Crippen LogP contribution in [-0.4, -0.2) is 35.7 Å². The van der Waals surface area contributed by atoms with Gasteiger partial charge in [0.25, 0.3) is 0 Å². The van der Waals surface area contributed by atoms with Gasteiger partial charge in [-0.15, -0.1) is 0 Å². The lowest BCUT2D eigenvalue weighted by atomic mass is 9.92. The van der Waals surface area contributed by atoms with Crippen LogP contribution in [0.25, 0.3) is 0 Å². The number of fused-ring (bicyclic) bond motifs is 1. The molecular weight excluding hydrogens is 326 g/mol. The molecule has 1 aromatic heterocycles. The van der Waals surface area contributed by atoms with Crippen molar-refractivity contribution >= 4 is 17.3 Å². The maximum Gasteiger partial charge on any atom is 0.353 e. The summed E-state index contributed by atoms with van der Waals surface area (Å²) in [6.07, 6.45) is 1.94. The van der Waals surface area contributed by atoms with Crippen molar-refractivity contribution in [2.75, 3.05) is 31.4 Å². The molecule has 0 fully saturated rings. The number of hydrogen-bond acceptors (Lipinski definition) is 8. The van der Waals surface area contributed by atoms with Gasteiger partial charge in [-0.1, -0.05) is 0 Å². The smallest absolute Gasteiger partial charge is 0.353 e. The Morgan fingerprint density at radius 2 is 1.96 bits per heavy atom. The number of aromatic nitrogens is 2. The first-order chi connectivity index (χ1) is 12.0. The molecule has 25 heavy (non-hydrogen) atoms. The summed E-state index contributed by atoms with van der Waals surface area (Å²) in [6.45, 7) is 2.53. The highest BCUT2D eigenvalue weighted by Gasteiger charge is 2.32. The van der Waals surface area contributed by atoms with E-state index in [0.29, 0.717) is 24.5 Å². The van der Waals surface area contributed by atoms with Crippen LogP contribution < -0.4 is 20.1 Å². The molecule has 2 aromatic rings. The molecule has 3 rings (SSSR count). The number of ether oxygens (including phenoxy) is 2. The molecule has 0 aliphatic carbocycles. The Kier molecular flexibility index (Phi) is 4.30. The third-order valence-electron chi connectivity index (χ3n) is 4.47. The van der Waals surface area contributed by atoms with Gasteiger partial charge in [-0.05, 0) is 36.6 Å². The number of nitro groups is 1. The molecule has 1 unspecified atom stereocenters. The van der Waals surface area contributed by atoms with Gasteiger partial charge in [0.1, 0.15) is 6.33 Å². The number of nitrogens with zero attached hydrogens (tertiary/aromatic N) is 4. The number of hydrogen-bond donors (Lipinski definition) is 1. The second-order valence-electron chi connectivity index (χ2n) is 5.71. The molecule has 0 bridgehead atoms. The Morgan fingerprint density at radius 1 is 1.28 bits per heavy atom. The van der Waals surface area contributed by atoms with Crippen LogP contribution in [0, 0.1) is 10.1 Å². The van der Waals surface area contributed by atoms with Gasteiger partial charge in [-0.2, -0.15) is 0 Å². The molecule has 2 heterocycles. The average molecular weight is 345 g/mol. The fraction of sp³-hybridized carbons (Fsp3) is 0.375. The Labute approximate surface area is 144 Å². The molecule has 132 valence electrons. The summed E-state index contributed by atoms with van der Waals surface area (Å²) < 4.78 is 10.7. The monoisotopic (exact) mass is 345 g/mol. The Balaban J connectivity index is 2.07. The third-order valence-corrected chi connectivity index (χ3v) is 4.47. The van der Waals surface area contributed by atoms with E-state index in [1.54, 1.807) is 14.2 Å². The highest BCUT2D eigenvalue weighted by molar-refractivity contribution is 5.69. The van der Waals surface area contributed by atoms with E-state index in [4.69, 9.17) is 15.2 Å². The number of rotatable bonds is 4. The zero-order chi connectivity index (χ0) is 18.1. The Morgan fingerprint density at radius 3 is 2.60 bits per heavy atom. The number of benzene rings is 1. The summed E-state index contributed by atoms with van der Waals surface area (Å²) in [4.78, 5) is 20.6. The first-order valence-corrected chi connectivity index (χ1v) is 7.74. The number of anilines is 2. The van der Waals surface area contributed by atoms with Crippen molar-refractivity contribution < 1.29 is 14.4 Å². The molecule has 0 saturated carbocycles. The average Bonchev–Trinajstić information content (AvgIpc) is 2.60. The quantitative estimate of drug-likeness (QED) is 0.661. The normalized spacial score (nSPS) is 16.3. The molecular formula is C16H19N5O4. The van der Waals surface area contributed by atoms with Gasteiger partial charge in [-0.25, -0.2) is 9.97 Å². The summed E-state index contributed by atoms with van der Waals surface area (Å²) in [7, 11) is 3.17. The number of nitrogens with two attached hydrogens (primary N) is 1. The fourth-order valence-corrected chi connectivity index (χ4v) is 3.20. The lowest BCUT2D eigenvalue weighted by Gasteiger charge is -2.36. The van der Waals surface area contributed by atoms with Crippen LogP contribution in [0.5, 0.6) is 11.5 Å². The molecule has 0 saturated heterocycles. The predicted octanol–water partition coefficient (Wildman–Crippen LogP) is 2.11. The summed E-state index contributed by atoms with van der Waals surface area (Å²) >= 11 is 0. The maximum absolute atomic E-state index is 11.4. The van der Waals surface area contributed by atoms with Crippen LogP contribution in [0.15, 0.2) is 18.5 Å². The lowest BCUT2D eigenvalue weighted by Crippen LogP contribution is -2.35. The van der Waals surface area contributed by atoms with Gasteiger partial charge in [-0.3, -0.25) is 10.1 Å². The summed E-state index contributed by atoms with van der Waals surface area (Å²) in [5, 5.41) is 11.4. The van der Waals surface area contributed by atoms with Crippen molar-refractivity contribution in [2.45, 2.75) is 19.4 Å². The lowest BCUT2D eigenvalue weighted by molar-refractivity contribution is -0.383. The Bertz CT molecular complexity index is 826. The SMILES string of the molecule is COc1cc2c(cc1OC)C(C)N(c1ncnc(N)c1[N+](=O)[O-])CC2. The molecule has 0 radical (unpaired) electrons. The first-order valence-electron chi connectivity index (χ1n) is 7.74. The molecule has 2 N–H and O–H groups in total. The van der Waals surface area contributed by atoms with Gasteiger partial charge < -0.3 is 20.1 Å².